The number of hydrogen-bond donors (Lipinski definition) is 0. The maximum absolute atomic E-state index is 12.2. The van der Waals surface area contributed by atoms with Crippen LogP contribution in [0.1, 0.15) is 12.0 Å². The van der Waals surface area contributed by atoms with Crippen molar-refractivity contribution in [2.45, 2.75) is 13.3 Å². The Balaban J connectivity index is 1.90. The number of carbonyl (C=O) groups excluding carboxylic acids is 1. The highest BCUT2D eigenvalue weighted by atomic mass is 16.5. The number of hydrogen-bond acceptors (Lipinski definition) is 3. The van der Waals surface area contributed by atoms with E-state index >= 15 is 0 Å². The number of nitrogens with zero attached hydrogens (tertiary/aromatic N) is 2. The molecule has 0 radical (unpaired) electrons. The molecule has 4 nitrogen and oxygen atoms in total. The lowest BCUT2D eigenvalue weighted by molar-refractivity contribution is -0.121. The SMILES string of the molecule is COCCCN1CCN(c2ccc(C)cc2)C(=O)C1. The average molecular weight is 262 g/mol. The van der Waals surface area contributed by atoms with Crippen molar-refractivity contribution in [2.24, 2.45) is 0 Å². The van der Waals surface area contributed by atoms with Crippen molar-refractivity contribution in [3.63, 3.8) is 0 Å². The molecule has 4 heteroatoms. The molecular formula is C15H22N2O2. The minimum absolute atomic E-state index is 0.188. The lowest BCUT2D eigenvalue weighted by Gasteiger charge is -2.34. The molecule has 1 heterocycles. The third kappa shape index (κ3) is 3.78. The largest absolute Gasteiger partial charge is 0.385 e. The molecule has 0 spiro atoms. The molecule has 1 aliphatic rings. The van der Waals surface area contributed by atoms with Gasteiger partial charge in [0.25, 0.3) is 0 Å². The summed E-state index contributed by atoms with van der Waals surface area (Å²) in [4.78, 5) is 16.3. The molecule has 1 aromatic carbocycles. The molecule has 1 fully saturated rings. The summed E-state index contributed by atoms with van der Waals surface area (Å²) in [5.74, 6) is 0.188. The summed E-state index contributed by atoms with van der Waals surface area (Å²) < 4.78 is 5.04. The van der Waals surface area contributed by atoms with Crippen molar-refractivity contribution in [2.75, 3.05) is 44.8 Å². The topological polar surface area (TPSA) is 32.8 Å². The molecule has 0 N–H and O–H groups in total. The molecule has 104 valence electrons. The van der Waals surface area contributed by atoms with Crippen molar-refractivity contribution >= 4 is 11.6 Å². The number of anilines is 1. The van der Waals surface area contributed by atoms with Crippen molar-refractivity contribution in [1.29, 1.82) is 0 Å². The number of rotatable bonds is 5. The number of piperazine rings is 1. The summed E-state index contributed by atoms with van der Waals surface area (Å²) >= 11 is 0. The van der Waals surface area contributed by atoms with Crippen LogP contribution in [-0.4, -0.2) is 50.7 Å². The Labute approximate surface area is 115 Å². The zero-order chi connectivity index (χ0) is 13.7. The molecule has 2 rings (SSSR count). The fourth-order valence-corrected chi connectivity index (χ4v) is 2.34. The van der Waals surface area contributed by atoms with Crippen molar-refractivity contribution in [3.05, 3.63) is 29.8 Å². The number of aryl methyl sites for hydroxylation is 1. The van der Waals surface area contributed by atoms with Crippen LogP contribution in [0, 0.1) is 6.92 Å². The Bertz CT molecular complexity index is 417. The molecule has 1 aromatic rings. The average Bonchev–Trinajstić information content (AvgIpc) is 2.41. The third-order valence-electron chi connectivity index (χ3n) is 3.47. The van der Waals surface area contributed by atoms with Crippen LogP contribution < -0.4 is 4.90 Å². The monoisotopic (exact) mass is 262 g/mol. The summed E-state index contributed by atoms with van der Waals surface area (Å²) in [6.07, 6.45) is 0.980. The van der Waals surface area contributed by atoms with Crippen LogP contribution in [0.5, 0.6) is 0 Å². The Morgan fingerprint density at radius 3 is 2.58 bits per heavy atom. The lowest BCUT2D eigenvalue weighted by Crippen LogP contribution is -2.50. The van der Waals surface area contributed by atoms with E-state index in [2.05, 4.69) is 11.8 Å². The van der Waals surface area contributed by atoms with Crippen molar-refractivity contribution in [1.82, 2.24) is 4.90 Å². The summed E-state index contributed by atoms with van der Waals surface area (Å²) in [6, 6.07) is 8.14. The Hall–Kier alpha value is -1.39. The van der Waals surface area contributed by atoms with E-state index in [1.54, 1.807) is 7.11 Å². The van der Waals surface area contributed by atoms with Crippen LogP contribution in [0.25, 0.3) is 0 Å². The van der Waals surface area contributed by atoms with E-state index in [1.165, 1.54) is 5.56 Å². The maximum Gasteiger partial charge on any atom is 0.241 e. The lowest BCUT2D eigenvalue weighted by atomic mass is 10.2. The van der Waals surface area contributed by atoms with E-state index in [-0.39, 0.29) is 5.91 Å². The number of benzene rings is 1. The molecule has 1 aliphatic heterocycles. The van der Waals surface area contributed by atoms with Gasteiger partial charge in [-0.25, -0.2) is 0 Å². The summed E-state index contributed by atoms with van der Waals surface area (Å²) in [5.41, 5.74) is 2.22. The van der Waals surface area contributed by atoms with E-state index < -0.39 is 0 Å². The van der Waals surface area contributed by atoms with Crippen molar-refractivity contribution < 1.29 is 9.53 Å². The van der Waals surface area contributed by atoms with Crippen molar-refractivity contribution in [3.8, 4) is 0 Å². The van der Waals surface area contributed by atoms with Crippen LogP contribution in [0.2, 0.25) is 0 Å². The second-order valence-corrected chi connectivity index (χ2v) is 5.00. The van der Waals surface area contributed by atoms with Gasteiger partial charge in [0.05, 0.1) is 6.54 Å². The molecule has 0 aliphatic carbocycles. The second-order valence-electron chi connectivity index (χ2n) is 5.00. The molecule has 1 amide bonds. The van der Waals surface area contributed by atoms with Gasteiger partial charge in [-0.3, -0.25) is 9.69 Å². The van der Waals surface area contributed by atoms with E-state index in [4.69, 9.17) is 4.74 Å². The minimum Gasteiger partial charge on any atom is -0.385 e. The number of ether oxygens (including phenoxy) is 1. The number of amides is 1. The molecule has 0 unspecified atom stereocenters. The summed E-state index contributed by atoms with van der Waals surface area (Å²) in [6.45, 7) is 5.96. The predicted molar refractivity (Wildman–Crippen MR) is 76.5 cm³/mol. The fraction of sp³-hybridized carbons (Fsp3) is 0.533. The Morgan fingerprint density at radius 2 is 1.95 bits per heavy atom. The quantitative estimate of drug-likeness (QED) is 0.757. The maximum atomic E-state index is 12.2. The zero-order valence-electron chi connectivity index (χ0n) is 11.8. The van der Waals surface area contributed by atoms with Gasteiger partial charge < -0.3 is 9.64 Å². The first-order valence-corrected chi connectivity index (χ1v) is 6.79. The van der Waals surface area contributed by atoms with Crippen LogP contribution >= 0.6 is 0 Å². The van der Waals surface area contributed by atoms with Crippen LogP contribution in [-0.2, 0) is 9.53 Å². The van der Waals surface area contributed by atoms with Gasteiger partial charge in [-0.15, -0.1) is 0 Å². The minimum atomic E-state index is 0.188. The van der Waals surface area contributed by atoms with Crippen LogP contribution in [0.3, 0.4) is 0 Å². The smallest absolute Gasteiger partial charge is 0.241 e. The molecular weight excluding hydrogens is 240 g/mol. The Kier molecular flexibility index (Phi) is 4.93. The molecule has 0 saturated carbocycles. The molecule has 0 aromatic heterocycles. The van der Waals surface area contributed by atoms with Gasteiger partial charge in [0.1, 0.15) is 0 Å². The van der Waals surface area contributed by atoms with Gasteiger partial charge in [0.15, 0.2) is 0 Å². The standard InChI is InChI=1S/C15H22N2O2/c1-13-4-6-14(7-5-13)17-10-9-16(12-15(17)18)8-3-11-19-2/h4-7H,3,8-12H2,1-2H3. The van der Waals surface area contributed by atoms with E-state index in [0.29, 0.717) is 6.54 Å². The first kappa shape index (κ1) is 14.0. The first-order valence-electron chi connectivity index (χ1n) is 6.79. The zero-order valence-corrected chi connectivity index (χ0v) is 11.8. The highest BCUT2D eigenvalue weighted by Crippen LogP contribution is 2.17. The number of methoxy groups -OCH3 is 1. The van der Waals surface area contributed by atoms with Gasteiger partial charge in [0.2, 0.25) is 5.91 Å². The second kappa shape index (κ2) is 6.68. The summed E-state index contributed by atoms with van der Waals surface area (Å²) in [7, 11) is 1.71. The van der Waals surface area contributed by atoms with Gasteiger partial charge in [-0.2, -0.15) is 0 Å². The third-order valence-corrected chi connectivity index (χ3v) is 3.47. The number of carbonyl (C=O) groups is 1. The first-order chi connectivity index (χ1) is 9.20. The van der Waals surface area contributed by atoms with E-state index in [9.17, 15) is 4.79 Å². The molecule has 0 atom stereocenters. The van der Waals surface area contributed by atoms with E-state index in [1.807, 2.05) is 29.2 Å². The van der Waals surface area contributed by atoms with E-state index in [0.717, 1.165) is 38.3 Å². The molecule has 19 heavy (non-hydrogen) atoms. The fourth-order valence-electron chi connectivity index (χ4n) is 2.34. The Morgan fingerprint density at radius 1 is 1.21 bits per heavy atom. The van der Waals surface area contributed by atoms with Gasteiger partial charge in [0, 0.05) is 39.0 Å². The molecule has 1 saturated heterocycles. The van der Waals surface area contributed by atoms with Gasteiger partial charge in [-0.1, -0.05) is 17.7 Å². The summed E-state index contributed by atoms with van der Waals surface area (Å²) in [5, 5.41) is 0. The van der Waals surface area contributed by atoms with Gasteiger partial charge >= 0.3 is 0 Å². The van der Waals surface area contributed by atoms with Crippen LogP contribution in [0.15, 0.2) is 24.3 Å². The highest BCUT2D eigenvalue weighted by molar-refractivity contribution is 5.95. The molecule has 0 bridgehead atoms. The van der Waals surface area contributed by atoms with Crippen LogP contribution in [0.4, 0.5) is 5.69 Å². The predicted octanol–water partition coefficient (Wildman–Crippen LogP) is 1.68. The van der Waals surface area contributed by atoms with Gasteiger partial charge in [-0.05, 0) is 25.5 Å². The normalized spacial score (nSPS) is 16.9. The highest BCUT2D eigenvalue weighted by Gasteiger charge is 2.24.